The number of likely N-dealkylation sites (tertiary alicyclic amines) is 1. The van der Waals surface area contributed by atoms with Crippen molar-refractivity contribution in [3.63, 3.8) is 0 Å². The first-order valence-electron chi connectivity index (χ1n) is 7.75. The fourth-order valence-electron chi connectivity index (χ4n) is 2.78. The third-order valence-corrected chi connectivity index (χ3v) is 5.05. The van der Waals surface area contributed by atoms with Crippen molar-refractivity contribution in [3.05, 3.63) is 27.8 Å². The van der Waals surface area contributed by atoms with E-state index in [4.69, 9.17) is 4.52 Å². The van der Waals surface area contributed by atoms with Crippen molar-refractivity contribution in [1.29, 1.82) is 0 Å². The lowest BCUT2D eigenvalue weighted by Crippen LogP contribution is -2.35. The minimum Gasteiger partial charge on any atom is -0.340 e. The fraction of sp³-hybridized carbons (Fsp3) is 0.600. The van der Waals surface area contributed by atoms with E-state index in [1.807, 2.05) is 11.8 Å². The van der Waals surface area contributed by atoms with E-state index in [0.29, 0.717) is 16.6 Å². The first-order chi connectivity index (χ1) is 10.7. The summed E-state index contributed by atoms with van der Waals surface area (Å²) in [4.78, 5) is 24.1. The molecule has 1 aliphatic heterocycles. The molecule has 2 aromatic rings. The average Bonchev–Trinajstić information content (AvgIpc) is 3.10. The number of carbonyl (C=O) groups is 1. The number of nitrogens with zero attached hydrogens (tertiary/aromatic N) is 4. The van der Waals surface area contributed by atoms with Gasteiger partial charge >= 0.3 is 0 Å². The van der Waals surface area contributed by atoms with Crippen LogP contribution >= 0.6 is 11.3 Å². The lowest BCUT2D eigenvalue weighted by molar-refractivity contribution is 0.0675. The van der Waals surface area contributed by atoms with Crippen LogP contribution in [0, 0.1) is 6.92 Å². The Balaban J connectivity index is 1.88. The molecule has 0 spiro atoms. The van der Waals surface area contributed by atoms with E-state index in [-0.39, 0.29) is 11.9 Å². The van der Waals surface area contributed by atoms with E-state index >= 15 is 0 Å². The first kappa shape index (κ1) is 15.1. The van der Waals surface area contributed by atoms with Gasteiger partial charge in [0.25, 0.3) is 5.91 Å². The molecule has 0 bridgehead atoms. The number of carbonyl (C=O) groups excluding carboxylic acids is 1. The van der Waals surface area contributed by atoms with Crippen LogP contribution in [-0.4, -0.2) is 32.5 Å². The summed E-state index contributed by atoms with van der Waals surface area (Å²) in [5.41, 5.74) is 0. The summed E-state index contributed by atoms with van der Waals surface area (Å²) < 4.78 is 5.11. The lowest BCUT2D eigenvalue weighted by Gasteiger charge is -2.27. The predicted molar refractivity (Wildman–Crippen MR) is 82.8 cm³/mol. The average molecular weight is 320 g/mol. The minimum absolute atomic E-state index is 0.0338. The van der Waals surface area contributed by atoms with E-state index in [9.17, 15) is 4.79 Å². The second-order valence-electron chi connectivity index (χ2n) is 5.51. The van der Waals surface area contributed by atoms with Gasteiger partial charge in [0.15, 0.2) is 5.82 Å². The predicted octanol–water partition coefficient (Wildman–Crippen LogP) is 3.15. The van der Waals surface area contributed by atoms with Gasteiger partial charge in [0.05, 0.1) is 17.2 Å². The molecule has 118 valence electrons. The number of rotatable bonds is 3. The molecule has 0 radical (unpaired) electrons. The highest BCUT2D eigenvalue weighted by molar-refractivity contribution is 7.13. The van der Waals surface area contributed by atoms with Crippen LogP contribution in [0.2, 0.25) is 0 Å². The van der Waals surface area contributed by atoms with Gasteiger partial charge in [-0.05, 0) is 19.3 Å². The van der Waals surface area contributed by atoms with Crippen molar-refractivity contribution in [1.82, 2.24) is 20.0 Å². The number of amides is 1. The molecule has 2 aromatic heterocycles. The van der Waals surface area contributed by atoms with Gasteiger partial charge in [0.2, 0.25) is 5.89 Å². The molecule has 1 atom stereocenters. The highest BCUT2D eigenvalue weighted by atomic mass is 32.1. The maximum absolute atomic E-state index is 12.9. The van der Waals surface area contributed by atoms with Gasteiger partial charge in [0, 0.05) is 13.5 Å². The Morgan fingerprint density at radius 1 is 1.45 bits per heavy atom. The Morgan fingerprint density at radius 3 is 3.00 bits per heavy atom. The van der Waals surface area contributed by atoms with E-state index < -0.39 is 0 Å². The largest absolute Gasteiger partial charge is 0.340 e. The van der Waals surface area contributed by atoms with E-state index in [0.717, 1.165) is 43.7 Å². The normalized spacial score (nSPS) is 19.2. The van der Waals surface area contributed by atoms with Crippen molar-refractivity contribution in [2.45, 2.75) is 52.0 Å². The van der Waals surface area contributed by atoms with Crippen LogP contribution in [0.4, 0.5) is 0 Å². The Kier molecular flexibility index (Phi) is 4.52. The Labute approximate surface area is 133 Å². The number of aromatic nitrogens is 3. The topological polar surface area (TPSA) is 72.1 Å². The SMILES string of the molecule is CCc1ncc(C(=O)N2CCCCC[C@H]2c2noc(C)n2)s1. The molecule has 3 rings (SSSR count). The lowest BCUT2D eigenvalue weighted by atomic mass is 10.1. The van der Waals surface area contributed by atoms with Crippen LogP contribution in [0.15, 0.2) is 10.7 Å². The van der Waals surface area contributed by atoms with Crippen LogP contribution < -0.4 is 0 Å². The second-order valence-corrected chi connectivity index (χ2v) is 6.62. The van der Waals surface area contributed by atoms with Gasteiger partial charge < -0.3 is 9.42 Å². The van der Waals surface area contributed by atoms with E-state index in [1.165, 1.54) is 11.3 Å². The quantitative estimate of drug-likeness (QED) is 0.868. The molecule has 22 heavy (non-hydrogen) atoms. The number of thiazole rings is 1. The van der Waals surface area contributed by atoms with Crippen molar-refractivity contribution in [2.24, 2.45) is 0 Å². The Bertz CT molecular complexity index is 652. The van der Waals surface area contributed by atoms with Gasteiger partial charge in [-0.25, -0.2) is 4.98 Å². The molecule has 0 N–H and O–H groups in total. The monoisotopic (exact) mass is 320 g/mol. The summed E-state index contributed by atoms with van der Waals surface area (Å²) >= 11 is 1.48. The maximum Gasteiger partial charge on any atom is 0.266 e. The molecular weight excluding hydrogens is 300 g/mol. The Hall–Kier alpha value is -1.76. The summed E-state index contributed by atoms with van der Waals surface area (Å²) in [5, 5.41) is 5.03. The van der Waals surface area contributed by atoms with Crippen molar-refractivity contribution in [2.75, 3.05) is 6.54 Å². The number of hydrogen-bond donors (Lipinski definition) is 0. The number of aryl methyl sites for hydroxylation is 2. The van der Waals surface area contributed by atoms with Gasteiger partial charge in [-0.15, -0.1) is 11.3 Å². The zero-order valence-corrected chi connectivity index (χ0v) is 13.7. The highest BCUT2D eigenvalue weighted by Gasteiger charge is 2.31. The summed E-state index contributed by atoms with van der Waals surface area (Å²) in [6.45, 7) is 4.55. The van der Waals surface area contributed by atoms with Crippen LogP contribution in [0.25, 0.3) is 0 Å². The molecular formula is C15H20N4O2S. The molecule has 0 aliphatic carbocycles. The molecule has 0 aromatic carbocycles. The molecule has 1 saturated heterocycles. The zero-order valence-electron chi connectivity index (χ0n) is 12.9. The van der Waals surface area contributed by atoms with Gasteiger partial charge in [-0.3, -0.25) is 4.79 Å². The standard InChI is InChI=1S/C15H20N4O2S/c1-3-13-16-9-12(22-13)15(20)19-8-6-4-5-7-11(19)14-17-10(2)21-18-14/h9,11H,3-8H2,1-2H3/t11-/m0/s1. The third kappa shape index (κ3) is 3.04. The van der Waals surface area contributed by atoms with E-state index in [1.54, 1.807) is 13.1 Å². The Morgan fingerprint density at radius 2 is 2.32 bits per heavy atom. The molecule has 0 saturated carbocycles. The molecule has 7 heteroatoms. The summed E-state index contributed by atoms with van der Waals surface area (Å²) in [6, 6.07) is -0.0976. The second kappa shape index (κ2) is 6.56. The molecule has 6 nitrogen and oxygen atoms in total. The molecule has 0 unspecified atom stereocenters. The summed E-state index contributed by atoms with van der Waals surface area (Å²) in [5.74, 6) is 1.19. The van der Waals surface area contributed by atoms with E-state index in [2.05, 4.69) is 15.1 Å². The minimum atomic E-state index is -0.0976. The highest BCUT2D eigenvalue weighted by Crippen LogP contribution is 2.30. The summed E-state index contributed by atoms with van der Waals surface area (Å²) in [7, 11) is 0. The van der Waals surface area contributed by atoms with Crippen LogP contribution in [0.1, 0.15) is 65.0 Å². The van der Waals surface area contributed by atoms with Gasteiger partial charge in [0.1, 0.15) is 4.88 Å². The van der Waals surface area contributed by atoms with Crippen LogP contribution in [0.3, 0.4) is 0 Å². The molecule has 3 heterocycles. The maximum atomic E-state index is 12.9. The summed E-state index contributed by atoms with van der Waals surface area (Å²) in [6.07, 6.45) is 6.63. The van der Waals surface area contributed by atoms with Crippen molar-refractivity contribution < 1.29 is 9.32 Å². The molecule has 1 fully saturated rings. The van der Waals surface area contributed by atoms with Crippen molar-refractivity contribution >= 4 is 17.2 Å². The van der Waals surface area contributed by atoms with Gasteiger partial charge in [-0.1, -0.05) is 24.9 Å². The molecule has 1 amide bonds. The molecule has 1 aliphatic rings. The van der Waals surface area contributed by atoms with Gasteiger partial charge in [-0.2, -0.15) is 4.98 Å². The first-order valence-corrected chi connectivity index (χ1v) is 8.56. The van der Waals surface area contributed by atoms with Crippen LogP contribution in [0.5, 0.6) is 0 Å². The number of hydrogen-bond acceptors (Lipinski definition) is 6. The zero-order chi connectivity index (χ0) is 15.5. The fourth-order valence-corrected chi connectivity index (χ4v) is 3.60. The van der Waals surface area contributed by atoms with Crippen LogP contribution in [-0.2, 0) is 6.42 Å². The smallest absolute Gasteiger partial charge is 0.266 e. The van der Waals surface area contributed by atoms with Crippen molar-refractivity contribution in [3.8, 4) is 0 Å². The third-order valence-electron chi connectivity index (χ3n) is 3.92.